The van der Waals surface area contributed by atoms with E-state index < -0.39 is 72.3 Å². The summed E-state index contributed by atoms with van der Waals surface area (Å²) in [6.45, 7) is 3.91. The van der Waals surface area contributed by atoms with E-state index in [-0.39, 0.29) is 12.8 Å². The van der Waals surface area contributed by atoms with Crippen LogP contribution in [0.2, 0.25) is 0 Å². The van der Waals surface area contributed by atoms with Crippen LogP contribution < -0.4 is 0 Å². The molecular formula is C48H90O14P2. The molecule has 16 heteroatoms. The molecule has 14 nitrogen and oxygen atoms in total. The fourth-order valence-corrected chi connectivity index (χ4v) is 7.93. The fourth-order valence-electron chi connectivity index (χ4n) is 6.78. The van der Waals surface area contributed by atoms with Crippen molar-refractivity contribution in [1.82, 2.24) is 0 Å². The first-order valence-electron chi connectivity index (χ1n) is 24.6. The highest BCUT2D eigenvalue weighted by atomic mass is 31.2. The Labute approximate surface area is 387 Å². The van der Waals surface area contributed by atoms with Crippen molar-refractivity contribution in [1.29, 1.82) is 0 Å². The second kappa shape index (κ2) is 42.6. The van der Waals surface area contributed by atoms with Crippen molar-refractivity contribution in [2.75, 3.05) is 26.4 Å². The summed E-state index contributed by atoms with van der Waals surface area (Å²) >= 11 is 0. The summed E-state index contributed by atoms with van der Waals surface area (Å²) in [5.41, 5.74) is 0. The van der Waals surface area contributed by atoms with Gasteiger partial charge in [-0.15, -0.1) is 0 Å². The van der Waals surface area contributed by atoms with Crippen molar-refractivity contribution in [3.05, 3.63) is 36.5 Å². The SMILES string of the molecule is CCCCCCCC/C=C/C/C=C/C=C/C(O)CCCC(=O)OC[C@H](COP(=O)(O)OC[C@@H](O)COP(=O)(O)O)OC(=O)CCCCCCCCCCCCCCCCCCC(C)C. The predicted molar refractivity (Wildman–Crippen MR) is 254 cm³/mol. The third kappa shape index (κ3) is 46.8. The van der Waals surface area contributed by atoms with Crippen molar-refractivity contribution in [2.45, 2.75) is 225 Å². The number of ether oxygens (including phenoxy) is 2. The highest BCUT2D eigenvalue weighted by Crippen LogP contribution is 2.44. The van der Waals surface area contributed by atoms with Crippen LogP contribution in [0.15, 0.2) is 36.5 Å². The van der Waals surface area contributed by atoms with Crippen LogP contribution in [0.3, 0.4) is 0 Å². The van der Waals surface area contributed by atoms with Crippen molar-refractivity contribution in [3.8, 4) is 0 Å². The second-order valence-electron chi connectivity index (χ2n) is 17.4. The average molecular weight is 953 g/mol. The summed E-state index contributed by atoms with van der Waals surface area (Å²) in [6.07, 6.45) is 38.8. The van der Waals surface area contributed by atoms with Gasteiger partial charge in [0, 0.05) is 12.8 Å². The number of aliphatic hydroxyl groups excluding tert-OH is 2. The first kappa shape index (κ1) is 62.3. The van der Waals surface area contributed by atoms with Gasteiger partial charge in [0.2, 0.25) is 0 Å². The Morgan fingerprint density at radius 3 is 1.64 bits per heavy atom. The smallest absolute Gasteiger partial charge is 0.462 e. The lowest BCUT2D eigenvalue weighted by molar-refractivity contribution is -0.161. The Morgan fingerprint density at radius 1 is 0.547 bits per heavy atom. The summed E-state index contributed by atoms with van der Waals surface area (Å²) in [7, 11) is -9.74. The van der Waals surface area contributed by atoms with E-state index in [1.165, 1.54) is 116 Å². The van der Waals surface area contributed by atoms with Gasteiger partial charge in [-0.25, -0.2) is 9.13 Å². The largest absolute Gasteiger partial charge is 0.472 e. The van der Waals surface area contributed by atoms with Crippen molar-refractivity contribution in [2.24, 2.45) is 5.92 Å². The molecule has 0 fully saturated rings. The van der Waals surface area contributed by atoms with Crippen LogP contribution >= 0.6 is 15.6 Å². The molecule has 0 aliphatic heterocycles. The van der Waals surface area contributed by atoms with Gasteiger partial charge in [-0.2, -0.15) is 0 Å². The zero-order valence-corrected chi connectivity index (χ0v) is 41.7. The number of esters is 2. The van der Waals surface area contributed by atoms with Crippen LogP contribution in [-0.4, -0.2) is 81.6 Å². The van der Waals surface area contributed by atoms with E-state index in [0.29, 0.717) is 19.3 Å². The van der Waals surface area contributed by atoms with Gasteiger partial charge in [0.1, 0.15) is 12.7 Å². The molecule has 0 aromatic rings. The molecule has 0 aliphatic rings. The maximum absolute atomic E-state index is 12.7. The molecule has 64 heavy (non-hydrogen) atoms. The minimum Gasteiger partial charge on any atom is -0.462 e. The van der Waals surface area contributed by atoms with Gasteiger partial charge in [0.15, 0.2) is 6.10 Å². The quantitative estimate of drug-likeness (QED) is 0.0126. The van der Waals surface area contributed by atoms with E-state index in [2.05, 4.69) is 42.0 Å². The number of allylic oxidation sites excluding steroid dienone is 5. The van der Waals surface area contributed by atoms with Crippen LogP contribution in [0.25, 0.3) is 0 Å². The molecule has 0 saturated carbocycles. The lowest BCUT2D eigenvalue weighted by Crippen LogP contribution is -2.30. The van der Waals surface area contributed by atoms with Crippen LogP contribution in [0.1, 0.15) is 207 Å². The van der Waals surface area contributed by atoms with Crippen LogP contribution in [0.4, 0.5) is 0 Å². The topological polar surface area (TPSA) is 216 Å². The minimum absolute atomic E-state index is 0.0271. The second-order valence-corrected chi connectivity index (χ2v) is 20.1. The number of hydrogen-bond donors (Lipinski definition) is 5. The molecule has 5 N–H and O–H groups in total. The van der Waals surface area contributed by atoms with Crippen molar-refractivity contribution < 1.29 is 66.7 Å². The summed E-state index contributed by atoms with van der Waals surface area (Å²) in [5, 5.41) is 20.1. The number of phosphoric ester groups is 2. The molecular weight excluding hydrogens is 862 g/mol. The molecule has 376 valence electrons. The number of rotatable bonds is 46. The Kier molecular flexibility index (Phi) is 41.5. The lowest BCUT2D eigenvalue weighted by atomic mass is 10.0. The Morgan fingerprint density at radius 2 is 1.06 bits per heavy atom. The van der Waals surface area contributed by atoms with E-state index in [4.69, 9.17) is 23.8 Å². The number of unbranched alkanes of at least 4 members (excludes halogenated alkanes) is 21. The molecule has 0 amide bonds. The minimum atomic E-state index is -4.88. The molecule has 0 bridgehead atoms. The summed E-state index contributed by atoms with van der Waals surface area (Å²) in [5.74, 6) is -0.406. The number of aliphatic hydroxyl groups is 2. The number of phosphoric acid groups is 2. The van der Waals surface area contributed by atoms with Crippen LogP contribution in [-0.2, 0) is 41.8 Å². The van der Waals surface area contributed by atoms with Gasteiger partial charge in [-0.3, -0.25) is 23.2 Å². The highest BCUT2D eigenvalue weighted by Gasteiger charge is 2.28. The van der Waals surface area contributed by atoms with E-state index in [9.17, 15) is 33.8 Å². The molecule has 0 heterocycles. The van der Waals surface area contributed by atoms with Crippen molar-refractivity contribution >= 4 is 27.6 Å². The molecule has 0 aromatic heterocycles. The van der Waals surface area contributed by atoms with Gasteiger partial charge in [-0.05, 0) is 44.4 Å². The predicted octanol–water partition coefficient (Wildman–Crippen LogP) is 12.1. The molecule has 2 unspecified atom stereocenters. The zero-order valence-electron chi connectivity index (χ0n) is 39.9. The highest BCUT2D eigenvalue weighted by molar-refractivity contribution is 7.47. The molecule has 0 aliphatic carbocycles. The first-order chi connectivity index (χ1) is 30.6. The van der Waals surface area contributed by atoms with Gasteiger partial charge >= 0.3 is 27.6 Å². The third-order valence-corrected chi connectivity index (χ3v) is 12.0. The Bertz CT molecular complexity index is 1300. The van der Waals surface area contributed by atoms with E-state index in [0.717, 1.165) is 44.4 Å². The maximum Gasteiger partial charge on any atom is 0.472 e. The normalized spacial score (nSPS) is 14.8. The lowest BCUT2D eigenvalue weighted by Gasteiger charge is -2.20. The average Bonchev–Trinajstić information content (AvgIpc) is 3.24. The van der Waals surface area contributed by atoms with Crippen LogP contribution in [0, 0.1) is 5.92 Å². The van der Waals surface area contributed by atoms with Gasteiger partial charge < -0.3 is 34.4 Å². The Balaban J connectivity index is 4.58. The monoisotopic (exact) mass is 953 g/mol. The molecule has 0 radical (unpaired) electrons. The molecule has 0 rings (SSSR count). The van der Waals surface area contributed by atoms with E-state index >= 15 is 0 Å². The maximum atomic E-state index is 12.7. The fraction of sp³-hybridized carbons (Fsp3) is 0.833. The van der Waals surface area contributed by atoms with Gasteiger partial charge in [0.25, 0.3) is 0 Å². The molecule has 0 saturated heterocycles. The number of carbonyl (C=O) groups is 2. The van der Waals surface area contributed by atoms with E-state index in [1.807, 2.05) is 12.2 Å². The first-order valence-corrected chi connectivity index (χ1v) is 27.7. The van der Waals surface area contributed by atoms with Crippen molar-refractivity contribution in [3.63, 3.8) is 0 Å². The molecule has 4 atom stereocenters. The molecule has 0 spiro atoms. The third-order valence-electron chi connectivity index (χ3n) is 10.6. The Hall–Kier alpha value is -1.70. The summed E-state index contributed by atoms with van der Waals surface area (Å²) in [4.78, 5) is 52.9. The van der Waals surface area contributed by atoms with Gasteiger partial charge in [0.05, 0.1) is 25.9 Å². The standard InChI is InChI=1S/C48H90O14P2/c1-4-5-6-7-8-9-10-15-19-22-25-28-31-35-44(49)36-33-38-47(51)58-41-46(42-61-64(56,57)60-40-45(50)39-59-63(53,54)55)62-48(52)37-32-29-26-23-20-17-14-12-11-13-16-18-21-24-27-30-34-43(2)3/h15,19,25,28,31,35,43-46,49-50H,4-14,16-18,20-24,26-27,29-30,32-34,36-42H2,1-3H3,(H,56,57)(H2,53,54,55)/b19-15+,28-25+,35-31+/t44?,45-,46+/m0/s1. The summed E-state index contributed by atoms with van der Waals surface area (Å²) < 4.78 is 47.8. The number of hydrogen-bond acceptors (Lipinski definition) is 11. The zero-order chi connectivity index (χ0) is 47.6. The molecule has 0 aromatic carbocycles. The summed E-state index contributed by atoms with van der Waals surface area (Å²) in [6, 6.07) is 0. The van der Waals surface area contributed by atoms with Crippen LogP contribution in [0.5, 0.6) is 0 Å². The van der Waals surface area contributed by atoms with E-state index in [1.54, 1.807) is 12.2 Å². The van der Waals surface area contributed by atoms with Gasteiger partial charge in [-0.1, -0.05) is 192 Å². The number of carbonyl (C=O) groups excluding carboxylic acids is 2.